The van der Waals surface area contributed by atoms with E-state index in [9.17, 15) is 14.9 Å². The molecule has 5 nitrogen and oxygen atoms in total. The molecule has 2 rings (SSSR count). The van der Waals surface area contributed by atoms with E-state index in [0.29, 0.717) is 21.5 Å². The maximum absolute atomic E-state index is 11.3. The molecular weight excluding hydrogens is 362 g/mol. The van der Waals surface area contributed by atoms with Gasteiger partial charge in [-0.1, -0.05) is 11.6 Å². The Hall–Kier alpha value is -1.92. The minimum atomic E-state index is -0.565. The third kappa shape index (κ3) is 3.59. The van der Waals surface area contributed by atoms with Crippen molar-refractivity contribution in [1.82, 2.24) is 0 Å². The Balaban J connectivity index is 2.26. The third-order valence-electron chi connectivity index (χ3n) is 2.67. The fraction of sp³-hybridized carbons (Fsp3) is 0.0714. The number of ketones is 1. The molecule has 0 saturated carbocycles. The lowest BCUT2D eigenvalue weighted by molar-refractivity contribution is -0.384. The van der Waals surface area contributed by atoms with Crippen LogP contribution in [-0.4, -0.2) is 10.7 Å². The van der Waals surface area contributed by atoms with E-state index < -0.39 is 4.92 Å². The van der Waals surface area contributed by atoms with Crippen LogP contribution >= 0.6 is 27.5 Å². The maximum atomic E-state index is 11.3. The predicted molar refractivity (Wildman–Crippen MR) is 82.3 cm³/mol. The highest BCUT2D eigenvalue weighted by Crippen LogP contribution is 2.32. The molecule has 0 aliphatic heterocycles. The van der Waals surface area contributed by atoms with Crippen molar-refractivity contribution >= 4 is 39.0 Å². The van der Waals surface area contributed by atoms with Gasteiger partial charge in [-0.05, 0) is 47.1 Å². The van der Waals surface area contributed by atoms with Gasteiger partial charge in [0.15, 0.2) is 5.78 Å². The second kappa shape index (κ2) is 6.24. The van der Waals surface area contributed by atoms with Crippen molar-refractivity contribution in [3.8, 4) is 11.5 Å². The number of ether oxygens (including phenoxy) is 1. The molecule has 2 aromatic carbocycles. The van der Waals surface area contributed by atoms with Gasteiger partial charge < -0.3 is 4.74 Å². The smallest absolute Gasteiger partial charge is 0.288 e. The Labute approximate surface area is 133 Å². The molecule has 21 heavy (non-hydrogen) atoms. The monoisotopic (exact) mass is 369 g/mol. The lowest BCUT2D eigenvalue weighted by atomic mass is 10.1. The Kier molecular flexibility index (Phi) is 4.59. The van der Waals surface area contributed by atoms with E-state index in [-0.39, 0.29) is 16.5 Å². The molecule has 0 spiro atoms. The molecule has 0 atom stereocenters. The summed E-state index contributed by atoms with van der Waals surface area (Å²) in [6.45, 7) is 1.47. The Morgan fingerprint density at radius 3 is 2.38 bits per heavy atom. The molecule has 0 saturated heterocycles. The number of nitro benzene ring substituents is 1. The first-order chi connectivity index (χ1) is 9.88. The summed E-state index contributed by atoms with van der Waals surface area (Å²) in [7, 11) is 0. The van der Waals surface area contributed by atoms with Crippen LogP contribution in [0.15, 0.2) is 40.9 Å². The van der Waals surface area contributed by atoms with Crippen molar-refractivity contribution in [2.24, 2.45) is 0 Å². The molecular formula is C14H9BrClNO4. The lowest BCUT2D eigenvalue weighted by Gasteiger charge is -2.08. The highest BCUT2D eigenvalue weighted by molar-refractivity contribution is 9.10. The Morgan fingerprint density at radius 1 is 1.24 bits per heavy atom. The highest BCUT2D eigenvalue weighted by atomic mass is 79.9. The van der Waals surface area contributed by atoms with Crippen molar-refractivity contribution in [3.05, 3.63) is 61.6 Å². The number of Topliss-reactive ketones (excluding diaryl/α,β-unsaturated/α-hetero) is 1. The second-order valence-electron chi connectivity index (χ2n) is 4.17. The van der Waals surface area contributed by atoms with Crippen LogP contribution in [0.3, 0.4) is 0 Å². The van der Waals surface area contributed by atoms with E-state index in [2.05, 4.69) is 15.9 Å². The molecule has 0 bridgehead atoms. The molecule has 0 aromatic heterocycles. The number of halogens is 2. The molecule has 2 aromatic rings. The van der Waals surface area contributed by atoms with Gasteiger partial charge >= 0.3 is 0 Å². The molecule has 0 aliphatic rings. The Bertz CT molecular complexity index is 671. The predicted octanol–water partition coefficient (Wildman–Crippen LogP) is 5.01. The SMILES string of the molecule is CC(=O)c1ccc(Oc2ccc([N+](=O)[O-])c(Cl)c2)cc1Br. The minimum Gasteiger partial charge on any atom is -0.457 e. The largest absolute Gasteiger partial charge is 0.457 e. The zero-order valence-corrected chi connectivity index (χ0v) is 13.1. The van der Waals surface area contributed by atoms with E-state index >= 15 is 0 Å². The van der Waals surface area contributed by atoms with Gasteiger partial charge in [0.25, 0.3) is 5.69 Å². The topological polar surface area (TPSA) is 69.4 Å². The summed E-state index contributed by atoms with van der Waals surface area (Å²) in [6, 6.07) is 9.01. The van der Waals surface area contributed by atoms with Gasteiger partial charge in [-0.3, -0.25) is 14.9 Å². The van der Waals surface area contributed by atoms with E-state index in [1.54, 1.807) is 18.2 Å². The zero-order chi connectivity index (χ0) is 15.6. The summed E-state index contributed by atoms with van der Waals surface area (Å²) in [4.78, 5) is 21.4. The zero-order valence-electron chi connectivity index (χ0n) is 10.8. The molecule has 0 N–H and O–H groups in total. The molecule has 0 aliphatic carbocycles. The summed E-state index contributed by atoms with van der Waals surface area (Å²) in [5.41, 5.74) is 0.362. The van der Waals surface area contributed by atoms with Crippen molar-refractivity contribution < 1.29 is 14.5 Å². The van der Waals surface area contributed by atoms with Gasteiger partial charge in [0.05, 0.1) is 4.92 Å². The molecule has 0 unspecified atom stereocenters. The van der Waals surface area contributed by atoms with Crippen molar-refractivity contribution in [3.63, 3.8) is 0 Å². The molecule has 7 heteroatoms. The summed E-state index contributed by atoms with van der Waals surface area (Å²) in [6.07, 6.45) is 0. The molecule has 0 heterocycles. The van der Waals surface area contributed by atoms with Crippen LogP contribution in [-0.2, 0) is 0 Å². The first-order valence-electron chi connectivity index (χ1n) is 5.81. The van der Waals surface area contributed by atoms with Crippen LogP contribution in [0.2, 0.25) is 5.02 Å². The number of hydrogen-bond acceptors (Lipinski definition) is 4. The Morgan fingerprint density at radius 2 is 1.86 bits per heavy atom. The van der Waals surface area contributed by atoms with Crippen LogP contribution in [0.4, 0.5) is 5.69 Å². The standard InChI is InChI=1S/C14H9BrClNO4/c1-8(18)11-4-2-9(6-12(11)15)21-10-3-5-14(17(19)20)13(16)7-10/h2-7H,1H3. The fourth-order valence-corrected chi connectivity index (χ4v) is 2.56. The lowest BCUT2D eigenvalue weighted by Crippen LogP contribution is -1.94. The average Bonchev–Trinajstić information content (AvgIpc) is 2.37. The van der Waals surface area contributed by atoms with Gasteiger partial charge in [-0.15, -0.1) is 0 Å². The van der Waals surface area contributed by atoms with Crippen LogP contribution < -0.4 is 4.74 Å². The fourth-order valence-electron chi connectivity index (χ4n) is 1.68. The van der Waals surface area contributed by atoms with Gasteiger partial charge in [0.2, 0.25) is 0 Å². The van der Waals surface area contributed by atoms with Crippen LogP contribution in [0.1, 0.15) is 17.3 Å². The normalized spacial score (nSPS) is 10.2. The molecule has 108 valence electrons. The summed E-state index contributed by atoms with van der Waals surface area (Å²) in [5.74, 6) is 0.789. The van der Waals surface area contributed by atoms with Crippen molar-refractivity contribution in [2.75, 3.05) is 0 Å². The van der Waals surface area contributed by atoms with Crippen molar-refractivity contribution in [1.29, 1.82) is 0 Å². The number of carbonyl (C=O) groups is 1. The number of nitrogens with zero attached hydrogens (tertiary/aromatic N) is 1. The minimum absolute atomic E-state index is 0.00285. The molecule has 0 fully saturated rings. The number of benzene rings is 2. The van der Waals surface area contributed by atoms with E-state index in [1.165, 1.54) is 25.1 Å². The number of hydrogen-bond donors (Lipinski definition) is 0. The van der Waals surface area contributed by atoms with Crippen LogP contribution in [0.25, 0.3) is 0 Å². The van der Waals surface area contributed by atoms with Crippen LogP contribution in [0, 0.1) is 10.1 Å². The number of carbonyl (C=O) groups excluding carboxylic acids is 1. The molecule has 0 amide bonds. The first-order valence-corrected chi connectivity index (χ1v) is 6.98. The van der Waals surface area contributed by atoms with E-state index in [0.717, 1.165) is 0 Å². The summed E-state index contributed by atoms with van der Waals surface area (Å²) < 4.78 is 6.17. The highest BCUT2D eigenvalue weighted by Gasteiger charge is 2.13. The molecule has 0 radical (unpaired) electrons. The van der Waals surface area contributed by atoms with E-state index in [1.807, 2.05) is 0 Å². The summed E-state index contributed by atoms with van der Waals surface area (Å²) >= 11 is 9.10. The van der Waals surface area contributed by atoms with Crippen LogP contribution in [0.5, 0.6) is 11.5 Å². The van der Waals surface area contributed by atoms with Gasteiger partial charge in [-0.2, -0.15) is 0 Å². The quantitative estimate of drug-likeness (QED) is 0.431. The average molecular weight is 371 g/mol. The first kappa shape index (κ1) is 15.5. The van der Waals surface area contributed by atoms with Gasteiger partial charge in [0, 0.05) is 22.2 Å². The van der Waals surface area contributed by atoms with Crippen molar-refractivity contribution in [2.45, 2.75) is 6.92 Å². The second-order valence-corrected chi connectivity index (χ2v) is 5.43. The van der Waals surface area contributed by atoms with E-state index in [4.69, 9.17) is 16.3 Å². The van der Waals surface area contributed by atoms with Gasteiger partial charge in [0.1, 0.15) is 16.5 Å². The summed E-state index contributed by atoms with van der Waals surface area (Å²) in [5, 5.41) is 10.7. The maximum Gasteiger partial charge on any atom is 0.288 e. The third-order valence-corrected chi connectivity index (χ3v) is 3.63. The van der Waals surface area contributed by atoms with Gasteiger partial charge in [-0.25, -0.2) is 0 Å². The number of nitro groups is 1. The number of rotatable bonds is 4.